The fraction of sp³-hybridized carbons (Fsp3) is 0.652. The fourth-order valence-electron chi connectivity index (χ4n) is 4.34. The van der Waals surface area contributed by atoms with Crippen molar-refractivity contribution in [3.8, 4) is 11.5 Å². The molecular formula is C23H34N2O6. The Bertz CT molecular complexity index is 714. The minimum absolute atomic E-state index is 0.0200. The zero-order valence-corrected chi connectivity index (χ0v) is 18.4. The minimum Gasteiger partial charge on any atom is -0.490 e. The van der Waals surface area contributed by atoms with E-state index in [1.54, 1.807) is 18.2 Å². The predicted molar refractivity (Wildman–Crippen MR) is 115 cm³/mol. The van der Waals surface area contributed by atoms with Gasteiger partial charge in [-0.25, -0.2) is 4.79 Å². The predicted octanol–water partition coefficient (Wildman–Crippen LogP) is 2.16. The molecule has 0 radical (unpaired) electrons. The molecule has 1 heterocycles. The number of esters is 1. The van der Waals surface area contributed by atoms with Gasteiger partial charge in [0, 0.05) is 25.2 Å². The third-order valence-electron chi connectivity index (χ3n) is 5.94. The van der Waals surface area contributed by atoms with Crippen molar-refractivity contribution >= 4 is 11.9 Å². The average Bonchev–Trinajstić information content (AvgIpc) is 2.82. The number of amides is 1. The van der Waals surface area contributed by atoms with Crippen LogP contribution in [0.2, 0.25) is 0 Å². The Kier molecular flexibility index (Phi) is 8.97. The number of ether oxygens (including phenoxy) is 4. The van der Waals surface area contributed by atoms with Gasteiger partial charge in [-0.05, 0) is 31.9 Å². The van der Waals surface area contributed by atoms with Gasteiger partial charge < -0.3 is 24.3 Å². The molecule has 172 valence electrons. The summed E-state index contributed by atoms with van der Waals surface area (Å²) in [5.74, 6) is 0.148. The summed E-state index contributed by atoms with van der Waals surface area (Å²) in [6.45, 7) is 5.61. The molecule has 0 unspecified atom stereocenters. The first-order chi connectivity index (χ1) is 15.1. The maximum Gasteiger partial charge on any atom is 0.344 e. The van der Waals surface area contributed by atoms with Gasteiger partial charge in [0.15, 0.2) is 24.7 Å². The Labute approximate surface area is 184 Å². The van der Waals surface area contributed by atoms with Gasteiger partial charge in [0.2, 0.25) is 0 Å². The summed E-state index contributed by atoms with van der Waals surface area (Å²) in [6, 6.07) is 7.12. The first-order valence-corrected chi connectivity index (χ1v) is 11.2. The molecule has 0 aromatic heterocycles. The van der Waals surface area contributed by atoms with Crippen LogP contribution in [0.15, 0.2) is 24.3 Å². The number of nitrogens with zero attached hydrogens (tertiary/aromatic N) is 1. The van der Waals surface area contributed by atoms with Crippen molar-refractivity contribution in [3.63, 3.8) is 0 Å². The van der Waals surface area contributed by atoms with Crippen molar-refractivity contribution < 1.29 is 28.5 Å². The number of morpholine rings is 1. The summed E-state index contributed by atoms with van der Waals surface area (Å²) < 4.78 is 21.5. The lowest BCUT2D eigenvalue weighted by Gasteiger charge is -2.48. The maximum absolute atomic E-state index is 12.3. The molecule has 1 aromatic carbocycles. The number of hydrogen-bond donors (Lipinski definition) is 1. The van der Waals surface area contributed by atoms with Gasteiger partial charge in [0.05, 0.1) is 19.8 Å². The molecule has 1 aliphatic carbocycles. The Morgan fingerprint density at radius 2 is 1.71 bits per heavy atom. The molecule has 2 aliphatic rings. The minimum atomic E-state index is -0.595. The third kappa shape index (κ3) is 6.83. The lowest BCUT2D eigenvalue weighted by molar-refractivity contribution is -0.150. The fourth-order valence-corrected chi connectivity index (χ4v) is 4.34. The Hall–Kier alpha value is -2.32. The second kappa shape index (κ2) is 11.9. The molecule has 1 saturated carbocycles. The summed E-state index contributed by atoms with van der Waals surface area (Å²) in [7, 11) is 0. The van der Waals surface area contributed by atoms with Crippen molar-refractivity contribution in [2.75, 3.05) is 52.7 Å². The number of rotatable bonds is 10. The van der Waals surface area contributed by atoms with Crippen LogP contribution in [-0.4, -0.2) is 75.0 Å². The van der Waals surface area contributed by atoms with Crippen molar-refractivity contribution in [3.05, 3.63) is 24.3 Å². The largest absolute Gasteiger partial charge is 0.490 e. The van der Waals surface area contributed by atoms with Gasteiger partial charge in [-0.2, -0.15) is 0 Å². The van der Waals surface area contributed by atoms with Crippen LogP contribution in [0, 0.1) is 0 Å². The van der Waals surface area contributed by atoms with Crippen molar-refractivity contribution in [1.29, 1.82) is 0 Å². The van der Waals surface area contributed by atoms with Gasteiger partial charge in [0.1, 0.15) is 0 Å². The summed E-state index contributed by atoms with van der Waals surface area (Å²) in [4.78, 5) is 26.8. The van der Waals surface area contributed by atoms with Crippen LogP contribution < -0.4 is 14.8 Å². The van der Waals surface area contributed by atoms with Crippen LogP contribution >= 0.6 is 0 Å². The molecule has 2 fully saturated rings. The summed E-state index contributed by atoms with van der Waals surface area (Å²) in [5, 5.41) is 2.99. The monoisotopic (exact) mass is 434 g/mol. The van der Waals surface area contributed by atoms with E-state index in [1.807, 2.05) is 13.0 Å². The topological polar surface area (TPSA) is 86.3 Å². The van der Waals surface area contributed by atoms with Gasteiger partial charge in [-0.1, -0.05) is 31.4 Å². The van der Waals surface area contributed by atoms with E-state index in [9.17, 15) is 9.59 Å². The second-order valence-corrected chi connectivity index (χ2v) is 7.99. The quantitative estimate of drug-likeness (QED) is 0.565. The highest BCUT2D eigenvalue weighted by Gasteiger charge is 2.38. The molecule has 1 saturated heterocycles. The molecule has 8 nitrogen and oxygen atoms in total. The maximum atomic E-state index is 12.3. The average molecular weight is 435 g/mol. The molecule has 1 N–H and O–H groups in total. The normalized spacial score (nSPS) is 18.7. The Morgan fingerprint density at radius 3 is 2.39 bits per heavy atom. The zero-order valence-electron chi connectivity index (χ0n) is 18.4. The highest BCUT2D eigenvalue weighted by molar-refractivity contribution is 5.81. The van der Waals surface area contributed by atoms with E-state index in [4.69, 9.17) is 18.9 Å². The van der Waals surface area contributed by atoms with Crippen LogP contribution in [0.1, 0.15) is 39.0 Å². The van der Waals surface area contributed by atoms with Crippen LogP contribution in [0.3, 0.4) is 0 Å². The van der Waals surface area contributed by atoms with E-state index in [2.05, 4.69) is 10.2 Å². The number of carbonyl (C=O) groups is 2. The first kappa shape index (κ1) is 23.3. The molecule has 0 bridgehead atoms. The molecule has 3 rings (SSSR count). The van der Waals surface area contributed by atoms with E-state index < -0.39 is 5.97 Å². The lowest BCUT2D eigenvalue weighted by Crippen LogP contribution is -2.59. The lowest BCUT2D eigenvalue weighted by atomic mass is 9.79. The van der Waals surface area contributed by atoms with Gasteiger partial charge in [-0.15, -0.1) is 0 Å². The molecule has 31 heavy (non-hydrogen) atoms. The Morgan fingerprint density at radius 1 is 1.03 bits per heavy atom. The van der Waals surface area contributed by atoms with Crippen LogP contribution in [0.4, 0.5) is 0 Å². The third-order valence-corrected chi connectivity index (χ3v) is 5.94. The van der Waals surface area contributed by atoms with Crippen LogP contribution in [0.25, 0.3) is 0 Å². The van der Waals surface area contributed by atoms with E-state index in [0.29, 0.717) is 24.7 Å². The standard InChI is InChI=1S/C23H34N2O6/c1-2-29-19-8-4-5-9-20(19)30-17-22(27)31-16-21(26)24-18-23(10-6-3-7-11-23)25-12-14-28-15-13-25/h4-5,8-9H,2-3,6-7,10-18H2,1H3,(H,24,26). The van der Waals surface area contributed by atoms with E-state index >= 15 is 0 Å². The second-order valence-electron chi connectivity index (χ2n) is 7.99. The van der Waals surface area contributed by atoms with Crippen LogP contribution in [0.5, 0.6) is 11.5 Å². The van der Waals surface area contributed by atoms with E-state index in [1.165, 1.54) is 19.3 Å². The van der Waals surface area contributed by atoms with Gasteiger partial charge in [0.25, 0.3) is 5.91 Å². The molecular weight excluding hydrogens is 400 g/mol. The molecule has 0 atom stereocenters. The van der Waals surface area contributed by atoms with Gasteiger partial charge in [-0.3, -0.25) is 9.69 Å². The van der Waals surface area contributed by atoms with Crippen molar-refractivity contribution in [1.82, 2.24) is 10.2 Å². The number of para-hydroxylation sites is 2. The van der Waals surface area contributed by atoms with E-state index in [0.717, 1.165) is 39.1 Å². The summed E-state index contributed by atoms with van der Waals surface area (Å²) >= 11 is 0. The number of nitrogens with one attached hydrogen (secondary N) is 1. The van der Waals surface area contributed by atoms with Crippen molar-refractivity contribution in [2.45, 2.75) is 44.6 Å². The highest BCUT2D eigenvalue weighted by Crippen LogP contribution is 2.33. The van der Waals surface area contributed by atoms with Crippen molar-refractivity contribution in [2.24, 2.45) is 0 Å². The number of hydrogen-bond acceptors (Lipinski definition) is 7. The van der Waals surface area contributed by atoms with Gasteiger partial charge >= 0.3 is 5.97 Å². The smallest absolute Gasteiger partial charge is 0.344 e. The summed E-state index contributed by atoms with van der Waals surface area (Å²) in [6.07, 6.45) is 5.72. The molecule has 1 aromatic rings. The summed E-state index contributed by atoms with van der Waals surface area (Å²) in [5.41, 5.74) is -0.0200. The first-order valence-electron chi connectivity index (χ1n) is 11.2. The number of carbonyl (C=O) groups excluding carboxylic acids is 2. The SMILES string of the molecule is CCOc1ccccc1OCC(=O)OCC(=O)NCC1(N2CCOCC2)CCCCC1. The highest BCUT2D eigenvalue weighted by atomic mass is 16.6. The van der Waals surface area contributed by atoms with E-state index in [-0.39, 0.29) is 24.7 Å². The zero-order chi connectivity index (χ0) is 21.9. The Balaban J connectivity index is 1.42. The molecule has 8 heteroatoms. The van der Waals surface area contributed by atoms with Crippen LogP contribution in [-0.2, 0) is 19.1 Å². The number of benzene rings is 1. The molecule has 0 spiro atoms. The molecule has 1 amide bonds. The molecule has 1 aliphatic heterocycles.